The predicted molar refractivity (Wildman–Crippen MR) is 84.8 cm³/mol. The van der Waals surface area contributed by atoms with Gasteiger partial charge < -0.3 is 5.73 Å². The molecule has 2 heterocycles. The first-order valence-electron chi connectivity index (χ1n) is 7.15. The highest BCUT2D eigenvalue weighted by Crippen LogP contribution is 2.34. The molecule has 1 unspecified atom stereocenters. The number of aromatic nitrogens is 1. The summed E-state index contributed by atoms with van der Waals surface area (Å²) in [7, 11) is 0. The third-order valence-electron chi connectivity index (χ3n) is 4.21. The van der Waals surface area contributed by atoms with Gasteiger partial charge >= 0.3 is 0 Å². The molecule has 0 saturated carbocycles. The molecule has 1 aliphatic heterocycles. The largest absolute Gasteiger partial charge is 0.375 e. The summed E-state index contributed by atoms with van der Waals surface area (Å²) in [5.74, 6) is 0. The van der Waals surface area contributed by atoms with Crippen LogP contribution in [0.25, 0.3) is 0 Å². The molecule has 1 aliphatic rings. The fourth-order valence-corrected chi connectivity index (χ4v) is 3.67. The van der Waals surface area contributed by atoms with Crippen LogP contribution in [0.4, 0.5) is 5.13 Å². The maximum atomic E-state index is 5.72. The molecule has 0 spiro atoms. The van der Waals surface area contributed by atoms with Crippen molar-refractivity contribution in [3.8, 4) is 0 Å². The van der Waals surface area contributed by atoms with E-state index in [0.717, 1.165) is 13.1 Å². The fourth-order valence-electron chi connectivity index (χ4n) is 2.96. The van der Waals surface area contributed by atoms with E-state index in [2.05, 4.69) is 41.9 Å². The third-order valence-corrected chi connectivity index (χ3v) is 5.02. The van der Waals surface area contributed by atoms with E-state index in [4.69, 9.17) is 5.73 Å². The molecule has 0 bridgehead atoms. The van der Waals surface area contributed by atoms with Crippen LogP contribution in [0, 0.1) is 13.8 Å². The Morgan fingerprint density at radius 1 is 1.35 bits per heavy atom. The molecule has 4 heteroatoms. The van der Waals surface area contributed by atoms with Gasteiger partial charge in [0.05, 0.1) is 0 Å². The summed E-state index contributed by atoms with van der Waals surface area (Å²) in [6.45, 7) is 6.50. The van der Waals surface area contributed by atoms with Gasteiger partial charge in [-0.05, 0) is 49.9 Å². The molecule has 1 atom stereocenters. The fraction of sp³-hybridized carbons (Fsp3) is 0.438. The first-order chi connectivity index (χ1) is 9.63. The molecule has 106 valence electrons. The molecule has 1 aromatic carbocycles. The minimum atomic E-state index is 0.539. The molecule has 3 rings (SSSR count). The van der Waals surface area contributed by atoms with Gasteiger partial charge in [0.2, 0.25) is 0 Å². The number of nitrogen functional groups attached to an aromatic ring is 1. The minimum Gasteiger partial charge on any atom is -0.375 e. The van der Waals surface area contributed by atoms with Crippen LogP contribution in [0.1, 0.15) is 40.5 Å². The lowest BCUT2D eigenvalue weighted by Gasteiger charge is -2.24. The zero-order valence-electron chi connectivity index (χ0n) is 12.1. The molecule has 1 fully saturated rings. The minimum absolute atomic E-state index is 0.539. The van der Waals surface area contributed by atoms with Crippen molar-refractivity contribution in [2.24, 2.45) is 0 Å². The van der Waals surface area contributed by atoms with Gasteiger partial charge in [0, 0.05) is 23.7 Å². The van der Waals surface area contributed by atoms with Gasteiger partial charge in [-0.2, -0.15) is 0 Å². The smallest absolute Gasteiger partial charge is 0.180 e. The summed E-state index contributed by atoms with van der Waals surface area (Å²) in [6.07, 6.45) is 4.43. The van der Waals surface area contributed by atoms with Crippen LogP contribution in [-0.4, -0.2) is 16.4 Å². The lowest BCUT2D eigenvalue weighted by molar-refractivity contribution is 0.250. The summed E-state index contributed by atoms with van der Waals surface area (Å²) < 4.78 is 0. The Morgan fingerprint density at radius 2 is 2.20 bits per heavy atom. The van der Waals surface area contributed by atoms with Gasteiger partial charge in [0.1, 0.15) is 0 Å². The van der Waals surface area contributed by atoms with Crippen molar-refractivity contribution in [2.75, 3.05) is 12.3 Å². The van der Waals surface area contributed by atoms with Crippen molar-refractivity contribution in [1.82, 2.24) is 9.88 Å². The molecule has 2 aromatic rings. The summed E-state index contributed by atoms with van der Waals surface area (Å²) in [6, 6.07) is 7.41. The highest BCUT2D eigenvalue weighted by atomic mass is 32.1. The van der Waals surface area contributed by atoms with Crippen LogP contribution in [0.15, 0.2) is 24.4 Å². The molecule has 0 radical (unpaired) electrons. The lowest BCUT2D eigenvalue weighted by Crippen LogP contribution is -2.22. The lowest BCUT2D eigenvalue weighted by atomic mass is 9.99. The van der Waals surface area contributed by atoms with Crippen molar-refractivity contribution < 1.29 is 0 Å². The predicted octanol–water partition coefficient (Wildman–Crippen LogP) is 3.68. The number of hydrogen-bond donors (Lipinski definition) is 1. The van der Waals surface area contributed by atoms with Crippen LogP contribution in [0.5, 0.6) is 0 Å². The van der Waals surface area contributed by atoms with E-state index < -0.39 is 0 Å². The zero-order chi connectivity index (χ0) is 14.1. The van der Waals surface area contributed by atoms with Gasteiger partial charge in [0.15, 0.2) is 5.13 Å². The van der Waals surface area contributed by atoms with E-state index in [0.29, 0.717) is 11.2 Å². The summed E-state index contributed by atoms with van der Waals surface area (Å²) in [5.41, 5.74) is 9.93. The van der Waals surface area contributed by atoms with E-state index in [1.54, 1.807) is 11.3 Å². The number of benzene rings is 1. The molecule has 2 N–H and O–H groups in total. The maximum Gasteiger partial charge on any atom is 0.180 e. The van der Waals surface area contributed by atoms with Crippen molar-refractivity contribution in [1.29, 1.82) is 0 Å². The molecular weight excluding hydrogens is 266 g/mol. The average molecular weight is 287 g/mol. The van der Waals surface area contributed by atoms with Crippen molar-refractivity contribution in [3.63, 3.8) is 0 Å². The summed E-state index contributed by atoms with van der Waals surface area (Å²) in [4.78, 5) is 7.97. The Balaban J connectivity index is 1.79. The second kappa shape index (κ2) is 5.54. The van der Waals surface area contributed by atoms with Crippen LogP contribution in [0.3, 0.4) is 0 Å². The van der Waals surface area contributed by atoms with Crippen molar-refractivity contribution in [2.45, 2.75) is 39.3 Å². The van der Waals surface area contributed by atoms with E-state index in [9.17, 15) is 0 Å². The Morgan fingerprint density at radius 3 is 2.90 bits per heavy atom. The van der Waals surface area contributed by atoms with Crippen LogP contribution in [-0.2, 0) is 6.54 Å². The number of aryl methyl sites for hydroxylation is 2. The monoisotopic (exact) mass is 287 g/mol. The number of hydrogen-bond acceptors (Lipinski definition) is 4. The van der Waals surface area contributed by atoms with Gasteiger partial charge in [-0.1, -0.05) is 18.2 Å². The van der Waals surface area contributed by atoms with Gasteiger partial charge in [0.25, 0.3) is 0 Å². The summed E-state index contributed by atoms with van der Waals surface area (Å²) >= 11 is 1.60. The second-order valence-corrected chi connectivity index (χ2v) is 6.78. The van der Waals surface area contributed by atoms with Gasteiger partial charge in [-0.3, -0.25) is 4.90 Å². The Labute approximate surface area is 124 Å². The van der Waals surface area contributed by atoms with Crippen LogP contribution < -0.4 is 5.73 Å². The molecule has 3 nitrogen and oxygen atoms in total. The molecule has 0 amide bonds. The standard InChI is InChI=1S/C16H21N3S/c1-11-5-6-13(8-12(11)2)15-4-3-7-19(15)10-14-9-18-16(17)20-14/h5-6,8-9,15H,3-4,7,10H2,1-2H3,(H2,17,18). The number of nitrogens with two attached hydrogens (primary N) is 1. The van der Waals surface area contributed by atoms with E-state index >= 15 is 0 Å². The average Bonchev–Trinajstić information content (AvgIpc) is 3.03. The Bertz CT molecular complexity index is 606. The first kappa shape index (κ1) is 13.6. The SMILES string of the molecule is Cc1ccc(C2CCCN2Cc2cnc(N)s2)cc1C. The number of nitrogens with zero attached hydrogens (tertiary/aromatic N) is 2. The highest BCUT2D eigenvalue weighted by Gasteiger charge is 2.26. The number of thiazole rings is 1. The van der Waals surface area contributed by atoms with E-state index in [1.807, 2.05) is 6.20 Å². The maximum absolute atomic E-state index is 5.72. The molecular formula is C16H21N3S. The van der Waals surface area contributed by atoms with Crippen molar-refractivity contribution >= 4 is 16.5 Å². The number of likely N-dealkylation sites (tertiary alicyclic amines) is 1. The van der Waals surface area contributed by atoms with Gasteiger partial charge in [-0.15, -0.1) is 11.3 Å². The first-order valence-corrected chi connectivity index (χ1v) is 7.96. The molecule has 1 aromatic heterocycles. The molecule has 20 heavy (non-hydrogen) atoms. The second-order valence-electron chi connectivity index (χ2n) is 5.64. The quantitative estimate of drug-likeness (QED) is 0.936. The topological polar surface area (TPSA) is 42.2 Å². The Hall–Kier alpha value is -1.39. The molecule has 0 aliphatic carbocycles. The van der Waals surface area contributed by atoms with Gasteiger partial charge in [-0.25, -0.2) is 4.98 Å². The van der Waals surface area contributed by atoms with E-state index in [1.165, 1.54) is 34.4 Å². The zero-order valence-corrected chi connectivity index (χ0v) is 12.9. The van der Waals surface area contributed by atoms with Crippen molar-refractivity contribution in [3.05, 3.63) is 46.0 Å². The molecule has 1 saturated heterocycles. The summed E-state index contributed by atoms with van der Waals surface area (Å²) in [5, 5.41) is 0.668. The normalized spacial score (nSPS) is 19.6. The van der Waals surface area contributed by atoms with E-state index in [-0.39, 0.29) is 0 Å². The number of rotatable bonds is 3. The highest BCUT2D eigenvalue weighted by molar-refractivity contribution is 7.15. The number of anilines is 1. The van der Waals surface area contributed by atoms with Crippen LogP contribution in [0.2, 0.25) is 0 Å². The Kier molecular flexibility index (Phi) is 3.76. The van der Waals surface area contributed by atoms with Crippen LogP contribution >= 0.6 is 11.3 Å². The third kappa shape index (κ3) is 2.72.